The second kappa shape index (κ2) is 9.54. The molecular weight excluding hydrogens is 490 g/mol. The summed E-state index contributed by atoms with van der Waals surface area (Å²) in [7, 11) is -3.98. The van der Waals surface area contributed by atoms with Crippen LogP contribution in [-0.2, 0) is 21.2 Å². The molecule has 4 N–H and O–H groups in total. The molecule has 11 nitrogen and oxygen atoms in total. The second-order valence-electron chi connectivity index (χ2n) is 8.04. The molecule has 14 heteroatoms. The Labute approximate surface area is 198 Å². The molecule has 2 aliphatic rings. The number of nitrogens with zero attached hydrogens (tertiary/aromatic N) is 3. The average molecular weight is 516 g/mol. The highest BCUT2D eigenvalue weighted by Crippen LogP contribution is 2.41. The number of anilines is 1. The molecule has 2 aliphatic heterocycles. The molecule has 1 fully saturated rings. The van der Waals surface area contributed by atoms with Crippen LogP contribution >= 0.6 is 11.3 Å². The SMILES string of the molecule is CC(C)[C@@H](NC1=NS(=O)N=C1Nc1csc(S(=O)(=O)N2CCCC2CO)c1O)c1ccoc1. The number of sulfonamides is 1. The maximum absolute atomic E-state index is 13.1. The molecule has 0 spiro atoms. The number of aromatic hydroxyl groups is 1. The van der Waals surface area contributed by atoms with Gasteiger partial charge in [0.1, 0.15) is 0 Å². The van der Waals surface area contributed by atoms with Crippen molar-refractivity contribution in [2.75, 3.05) is 18.5 Å². The van der Waals surface area contributed by atoms with Crippen molar-refractivity contribution in [3.8, 4) is 5.75 Å². The quantitative estimate of drug-likeness (QED) is 0.436. The van der Waals surface area contributed by atoms with Crippen molar-refractivity contribution < 1.29 is 27.3 Å². The van der Waals surface area contributed by atoms with Crippen molar-refractivity contribution in [1.82, 2.24) is 9.62 Å². The van der Waals surface area contributed by atoms with Crippen LogP contribution in [0.4, 0.5) is 5.69 Å². The number of nitrogens with one attached hydrogen (secondary N) is 2. The number of amidine groups is 2. The van der Waals surface area contributed by atoms with Crippen molar-refractivity contribution in [2.24, 2.45) is 14.7 Å². The van der Waals surface area contributed by atoms with E-state index in [1.807, 2.05) is 19.9 Å². The van der Waals surface area contributed by atoms with Crippen LogP contribution in [0.25, 0.3) is 0 Å². The molecule has 0 bridgehead atoms. The minimum Gasteiger partial charge on any atom is -0.504 e. The van der Waals surface area contributed by atoms with Gasteiger partial charge in [-0.15, -0.1) is 20.1 Å². The van der Waals surface area contributed by atoms with Crippen LogP contribution in [0.15, 0.2) is 41.4 Å². The lowest BCUT2D eigenvalue weighted by molar-refractivity contribution is 0.213. The Hall–Kier alpha value is -2.26. The molecule has 0 amide bonds. The van der Waals surface area contributed by atoms with Crippen LogP contribution in [0, 0.1) is 5.92 Å². The molecule has 0 saturated carbocycles. The third-order valence-corrected chi connectivity index (χ3v) is 9.61. The van der Waals surface area contributed by atoms with Crippen molar-refractivity contribution in [1.29, 1.82) is 0 Å². The van der Waals surface area contributed by atoms with Gasteiger partial charge in [-0.3, -0.25) is 0 Å². The largest absolute Gasteiger partial charge is 0.504 e. The molecule has 4 rings (SSSR count). The third kappa shape index (κ3) is 4.71. The third-order valence-electron chi connectivity index (χ3n) is 5.49. The summed E-state index contributed by atoms with van der Waals surface area (Å²) >= 11 is -1.01. The van der Waals surface area contributed by atoms with Gasteiger partial charge < -0.3 is 25.3 Å². The molecule has 0 radical (unpaired) electrons. The zero-order valence-electron chi connectivity index (χ0n) is 18.0. The van der Waals surface area contributed by atoms with Crippen LogP contribution in [-0.4, -0.2) is 58.0 Å². The average Bonchev–Trinajstić information content (AvgIpc) is 3.54. The van der Waals surface area contributed by atoms with Crippen molar-refractivity contribution in [2.45, 2.75) is 43.0 Å². The van der Waals surface area contributed by atoms with E-state index in [0.29, 0.717) is 12.8 Å². The van der Waals surface area contributed by atoms with Gasteiger partial charge in [-0.1, -0.05) is 13.8 Å². The highest BCUT2D eigenvalue weighted by molar-refractivity contribution is 7.91. The lowest BCUT2D eigenvalue weighted by Crippen LogP contribution is -2.38. The maximum atomic E-state index is 13.1. The molecule has 2 aromatic rings. The van der Waals surface area contributed by atoms with E-state index >= 15 is 0 Å². The smallest absolute Gasteiger partial charge is 0.269 e. The molecule has 2 unspecified atom stereocenters. The Morgan fingerprint density at radius 1 is 1.36 bits per heavy atom. The molecule has 4 heterocycles. The molecule has 180 valence electrons. The normalized spacial score (nSPS) is 22.4. The van der Waals surface area contributed by atoms with Gasteiger partial charge in [0, 0.05) is 23.5 Å². The highest BCUT2D eigenvalue weighted by Gasteiger charge is 2.38. The standard InChI is InChI=1S/C19H25N5O6S3/c1-11(2)15(12-5-7-30-9-12)21-18-17(22-32(27)23-18)20-14-10-31-19(16(14)26)33(28,29)24-6-3-4-13(24)8-25/h5,7,9-11,13,15,25-26H,3-4,6,8H2,1-2H3,(H,20,22)(H,21,23)/t13?,15-,32?/m1/s1. The van der Waals surface area contributed by atoms with E-state index in [9.17, 15) is 22.8 Å². The number of furan rings is 1. The first-order valence-electron chi connectivity index (χ1n) is 10.3. The number of hydrogen-bond donors (Lipinski definition) is 4. The number of aliphatic hydroxyl groups is 1. The summed E-state index contributed by atoms with van der Waals surface area (Å²) in [4.78, 5) is 0. The number of aliphatic hydroxyl groups excluding tert-OH is 1. The number of thiophene rings is 1. The summed E-state index contributed by atoms with van der Waals surface area (Å²) in [6.07, 6.45) is 4.37. The van der Waals surface area contributed by atoms with Crippen LogP contribution < -0.4 is 10.6 Å². The zero-order chi connectivity index (χ0) is 23.8. The topological polar surface area (TPSA) is 157 Å². The minimum atomic E-state index is -3.98. The van der Waals surface area contributed by atoms with E-state index in [1.54, 1.807) is 12.5 Å². The summed E-state index contributed by atoms with van der Waals surface area (Å²) in [6.45, 7) is 4.01. The number of hydrogen-bond acceptors (Lipinski definition) is 9. The van der Waals surface area contributed by atoms with Gasteiger partial charge in [0.15, 0.2) is 21.6 Å². The Kier molecular flexibility index (Phi) is 6.91. The Morgan fingerprint density at radius 3 is 2.79 bits per heavy atom. The Bertz CT molecular complexity index is 1190. The van der Waals surface area contributed by atoms with Gasteiger partial charge in [-0.2, -0.15) is 4.31 Å². The van der Waals surface area contributed by atoms with Gasteiger partial charge in [-0.25, -0.2) is 12.6 Å². The van der Waals surface area contributed by atoms with Gasteiger partial charge in [0.25, 0.3) is 21.2 Å². The first-order chi connectivity index (χ1) is 15.7. The molecular formula is C19H25N5O6S3. The minimum absolute atomic E-state index is 0.106. The second-order valence-corrected chi connectivity index (χ2v) is 11.8. The van der Waals surface area contributed by atoms with E-state index < -0.39 is 33.0 Å². The molecule has 3 atom stereocenters. The van der Waals surface area contributed by atoms with E-state index in [1.165, 1.54) is 9.69 Å². The van der Waals surface area contributed by atoms with Gasteiger partial charge in [0.05, 0.1) is 30.9 Å². The maximum Gasteiger partial charge on any atom is 0.269 e. The van der Waals surface area contributed by atoms with E-state index in [0.717, 1.165) is 16.9 Å². The molecule has 2 aromatic heterocycles. The zero-order valence-corrected chi connectivity index (χ0v) is 20.4. The molecule has 33 heavy (non-hydrogen) atoms. The van der Waals surface area contributed by atoms with E-state index in [2.05, 4.69) is 19.4 Å². The molecule has 0 aromatic carbocycles. The van der Waals surface area contributed by atoms with Gasteiger partial charge in [0.2, 0.25) is 0 Å². The van der Waals surface area contributed by atoms with Crippen molar-refractivity contribution in [3.05, 3.63) is 29.5 Å². The summed E-state index contributed by atoms with van der Waals surface area (Å²) < 4.78 is 52.3. The lowest BCUT2D eigenvalue weighted by Gasteiger charge is -2.22. The predicted molar refractivity (Wildman–Crippen MR) is 126 cm³/mol. The van der Waals surface area contributed by atoms with Crippen LogP contribution in [0.5, 0.6) is 5.75 Å². The van der Waals surface area contributed by atoms with Crippen molar-refractivity contribution in [3.63, 3.8) is 0 Å². The van der Waals surface area contributed by atoms with Crippen LogP contribution in [0.1, 0.15) is 38.3 Å². The predicted octanol–water partition coefficient (Wildman–Crippen LogP) is 1.98. The summed E-state index contributed by atoms with van der Waals surface area (Å²) in [5.41, 5.74) is 0.982. The first kappa shape index (κ1) is 23.9. The van der Waals surface area contributed by atoms with Gasteiger partial charge >= 0.3 is 0 Å². The molecule has 1 saturated heterocycles. The number of rotatable bonds is 7. The van der Waals surface area contributed by atoms with E-state index in [4.69, 9.17) is 4.42 Å². The van der Waals surface area contributed by atoms with Crippen LogP contribution in [0.3, 0.4) is 0 Å². The van der Waals surface area contributed by atoms with Gasteiger partial charge in [-0.05, 0) is 24.8 Å². The summed E-state index contributed by atoms with van der Waals surface area (Å²) in [5.74, 6) is 0.0161. The first-order valence-corrected chi connectivity index (χ1v) is 13.7. The summed E-state index contributed by atoms with van der Waals surface area (Å²) in [5, 5.41) is 27.7. The highest BCUT2D eigenvalue weighted by atomic mass is 32.2. The van der Waals surface area contributed by atoms with Crippen LogP contribution in [0.2, 0.25) is 0 Å². The fourth-order valence-corrected chi connectivity index (χ4v) is 7.48. The molecule has 0 aliphatic carbocycles. The Morgan fingerprint density at radius 2 is 2.12 bits per heavy atom. The lowest BCUT2D eigenvalue weighted by atomic mass is 9.98. The Balaban J connectivity index is 1.56. The fraction of sp³-hybridized carbons (Fsp3) is 0.474. The fourth-order valence-electron chi connectivity index (χ4n) is 3.82. The monoisotopic (exact) mass is 515 g/mol. The van der Waals surface area contributed by atoms with Crippen molar-refractivity contribution >= 4 is 49.9 Å². The summed E-state index contributed by atoms with van der Waals surface area (Å²) in [6, 6.07) is 1.10. The van der Waals surface area contributed by atoms with E-state index in [-0.39, 0.29) is 46.7 Å².